The van der Waals surface area contributed by atoms with E-state index >= 15 is 0 Å². The summed E-state index contributed by atoms with van der Waals surface area (Å²) in [6.45, 7) is 5.00. The predicted octanol–water partition coefficient (Wildman–Crippen LogP) is 2.45. The van der Waals surface area contributed by atoms with Gasteiger partial charge in [-0.2, -0.15) is 5.10 Å². The highest BCUT2D eigenvalue weighted by atomic mass is 16.5. The molecule has 1 N–H and O–H groups in total. The molecule has 0 radical (unpaired) electrons. The van der Waals surface area contributed by atoms with Crippen LogP contribution in [0.4, 0.5) is 0 Å². The van der Waals surface area contributed by atoms with E-state index in [1.165, 1.54) is 5.56 Å². The molecule has 5 heteroatoms. The Hall–Kier alpha value is -2.30. The quantitative estimate of drug-likeness (QED) is 0.888. The maximum Gasteiger partial charge on any atom is 0.226 e. The monoisotopic (exact) mass is 287 g/mol. The largest absolute Gasteiger partial charge is 0.493 e. The highest BCUT2D eigenvalue weighted by Crippen LogP contribution is 2.18. The number of carbonyl (C=O) groups is 1. The number of benzene rings is 1. The molecule has 2 aromatic rings. The number of nitrogens with one attached hydrogen (secondary N) is 1. The zero-order valence-corrected chi connectivity index (χ0v) is 12.7. The second kappa shape index (κ2) is 6.92. The van der Waals surface area contributed by atoms with E-state index in [0.717, 1.165) is 16.9 Å². The van der Waals surface area contributed by atoms with Crippen LogP contribution in [0.15, 0.2) is 30.6 Å². The number of amides is 1. The Labute approximate surface area is 124 Å². The van der Waals surface area contributed by atoms with Crippen LogP contribution in [-0.2, 0) is 11.3 Å². The van der Waals surface area contributed by atoms with Crippen LogP contribution in [0, 0.1) is 13.8 Å². The summed E-state index contributed by atoms with van der Waals surface area (Å²) in [5.41, 5.74) is 3.28. The summed E-state index contributed by atoms with van der Waals surface area (Å²) in [5, 5.41) is 6.60. The number of hydrogen-bond donors (Lipinski definition) is 1. The van der Waals surface area contributed by atoms with Gasteiger partial charge in [0.15, 0.2) is 0 Å². The highest BCUT2D eigenvalue weighted by molar-refractivity contribution is 5.76. The smallest absolute Gasteiger partial charge is 0.226 e. The summed E-state index contributed by atoms with van der Waals surface area (Å²) in [7, 11) is 1.78. The van der Waals surface area contributed by atoms with Gasteiger partial charge >= 0.3 is 0 Å². The SMILES string of the molecule is Cc1ccc(OCCC(=O)N(C)Cc2cn[nH]c2)c(C)c1. The fourth-order valence-corrected chi connectivity index (χ4v) is 2.13. The topological polar surface area (TPSA) is 58.2 Å². The standard InChI is InChI=1S/C16H21N3O2/c1-12-4-5-15(13(2)8-12)21-7-6-16(20)19(3)11-14-9-17-18-10-14/h4-5,8-10H,6-7,11H2,1-3H3,(H,17,18). The van der Waals surface area contributed by atoms with Gasteiger partial charge in [-0.15, -0.1) is 0 Å². The lowest BCUT2D eigenvalue weighted by molar-refractivity contribution is -0.130. The number of aromatic nitrogens is 2. The van der Waals surface area contributed by atoms with Crippen LogP contribution in [0.25, 0.3) is 0 Å². The van der Waals surface area contributed by atoms with Gasteiger partial charge in [0.1, 0.15) is 5.75 Å². The van der Waals surface area contributed by atoms with Crippen LogP contribution < -0.4 is 4.74 Å². The van der Waals surface area contributed by atoms with E-state index in [1.54, 1.807) is 24.3 Å². The summed E-state index contributed by atoms with van der Waals surface area (Å²) in [4.78, 5) is 13.7. The van der Waals surface area contributed by atoms with E-state index < -0.39 is 0 Å². The molecule has 21 heavy (non-hydrogen) atoms. The molecule has 0 fully saturated rings. The molecule has 1 aromatic heterocycles. The molecule has 0 unspecified atom stereocenters. The van der Waals surface area contributed by atoms with Gasteiger partial charge in [-0.05, 0) is 25.5 Å². The molecule has 0 atom stereocenters. The molecule has 1 heterocycles. The molecule has 0 bridgehead atoms. The predicted molar refractivity (Wildman–Crippen MR) is 81.1 cm³/mol. The van der Waals surface area contributed by atoms with Crippen LogP contribution in [0.3, 0.4) is 0 Å². The first kappa shape index (κ1) is 15.1. The number of nitrogens with zero attached hydrogens (tertiary/aromatic N) is 2. The Morgan fingerprint density at radius 1 is 1.38 bits per heavy atom. The van der Waals surface area contributed by atoms with E-state index in [-0.39, 0.29) is 5.91 Å². The number of aromatic amines is 1. The van der Waals surface area contributed by atoms with Crippen molar-refractivity contribution >= 4 is 5.91 Å². The number of H-pyrrole nitrogens is 1. The number of aryl methyl sites for hydroxylation is 2. The molecule has 0 aliphatic carbocycles. The van der Waals surface area contributed by atoms with Gasteiger partial charge in [-0.25, -0.2) is 0 Å². The maximum absolute atomic E-state index is 12.0. The summed E-state index contributed by atoms with van der Waals surface area (Å²) >= 11 is 0. The first-order valence-corrected chi connectivity index (χ1v) is 6.98. The fourth-order valence-electron chi connectivity index (χ4n) is 2.13. The molecule has 0 saturated heterocycles. The van der Waals surface area contributed by atoms with Crippen molar-refractivity contribution in [2.75, 3.05) is 13.7 Å². The van der Waals surface area contributed by atoms with E-state index in [4.69, 9.17) is 4.74 Å². The minimum atomic E-state index is 0.0564. The molecule has 1 amide bonds. The number of ether oxygens (including phenoxy) is 1. The molecule has 0 aliphatic heterocycles. The Morgan fingerprint density at radius 2 is 2.19 bits per heavy atom. The average Bonchev–Trinajstić information content (AvgIpc) is 2.94. The van der Waals surface area contributed by atoms with Crippen molar-refractivity contribution in [2.24, 2.45) is 0 Å². The molecular formula is C16H21N3O2. The van der Waals surface area contributed by atoms with Crippen LogP contribution >= 0.6 is 0 Å². The average molecular weight is 287 g/mol. The normalized spacial score (nSPS) is 10.4. The van der Waals surface area contributed by atoms with Crippen molar-refractivity contribution in [3.63, 3.8) is 0 Å². The summed E-state index contributed by atoms with van der Waals surface area (Å²) < 4.78 is 5.68. The Balaban J connectivity index is 1.78. The second-order valence-electron chi connectivity index (χ2n) is 5.22. The molecule has 1 aromatic carbocycles. The van der Waals surface area contributed by atoms with Gasteiger partial charge in [0.05, 0.1) is 19.2 Å². The molecular weight excluding hydrogens is 266 g/mol. The minimum absolute atomic E-state index is 0.0564. The van der Waals surface area contributed by atoms with Crippen molar-refractivity contribution in [1.82, 2.24) is 15.1 Å². The van der Waals surface area contributed by atoms with Gasteiger partial charge in [-0.1, -0.05) is 17.7 Å². The van der Waals surface area contributed by atoms with Gasteiger partial charge in [0, 0.05) is 25.4 Å². The van der Waals surface area contributed by atoms with Gasteiger partial charge in [-0.3, -0.25) is 9.89 Å². The van der Waals surface area contributed by atoms with Crippen molar-refractivity contribution in [3.8, 4) is 5.75 Å². The third-order valence-corrected chi connectivity index (χ3v) is 3.30. The van der Waals surface area contributed by atoms with E-state index in [0.29, 0.717) is 19.6 Å². The fraction of sp³-hybridized carbons (Fsp3) is 0.375. The van der Waals surface area contributed by atoms with Crippen molar-refractivity contribution < 1.29 is 9.53 Å². The van der Waals surface area contributed by atoms with Crippen LogP contribution in [0.2, 0.25) is 0 Å². The molecule has 0 aliphatic rings. The van der Waals surface area contributed by atoms with Crippen LogP contribution in [0.5, 0.6) is 5.75 Å². The van der Waals surface area contributed by atoms with Crippen LogP contribution in [0.1, 0.15) is 23.1 Å². The van der Waals surface area contributed by atoms with E-state index in [9.17, 15) is 4.79 Å². The maximum atomic E-state index is 12.0. The Morgan fingerprint density at radius 3 is 2.86 bits per heavy atom. The Kier molecular flexibility index (Phi) is 4.98. The highest BCUT2D eigenvalue weighted by Gasteiger charge is 2.10. The molecule has 0 spiro atoms. The van der Waals surface area contributed by atoms with Gasteiger partial charge in [0.25, 0.3) is 0 Å². The lowest BCUT2D eigenvalue weighted by atomic mass is 10.1. The number of carbonyl (C=O) groups excluding carboxylic acids is 1. The van der Waals surface area contributed by atoms with Crippen molar-refractivity contribution in [3.05, 3.63) is 47.3 Å². The molecule has 2 rings (SSSR count). The van der Waals surface area contributed by atoms with Crippen LogP contribution in [-0.4, -0.2) is 34.7 Å². The van der Waals surface area contributed by atoms with Crippen molar-refractivity contribution in [2.45, 2.75) is 26.8 Å². The molecule has 112 valence electrons. The first-order chi connectivity index (χ1) is 10.1. The number of hydrogen-bond acceptors (Lipinski definition) is 3. The summed E-state index contributed by atoms with van der Waals surface area (Å²) in [6.07, 6.45) is 3.87. The summed E-state index contributed by atoms with van der Waals surface area (Å²) in [5.74, 6) is 0.895. The lowest BCUT2D eigenvalue weighted by Gasteiger charge is -2.16. The Bertz CT molecular complexity index is 594. The van der Waals surface area contributed by atoms with E-state index in [2.05, 4.69) is 16.3 Å². The lowest BCUT2D eigenvalue weighted by Crippen LogP contribution is -2.27. The minimum Gasteiger partial charge on any atom is -0.493 e. The van der Waals surface area contributed by atoms with Crippen molar-refractivity contribution in [1.29, 1.82) is 0 Å². The van der Waals surface area contributed by atoms with E-state index in [1.807, 2.05) is 26.0 Å². The number of rotatable bonds is 6. The van der Waals surface area contributed by atoms with Gasteiger partial charge < -0.3 is 9.64 Å². The second-order valence-corrected chi connectivity index (χ2v) is 5.22. The zero-order chi connectivity index (χ0) is 15.2. The molecule has 0 saturated carbocycles. The zero-order valence-electron chi connectivity index (χ0n) is 12.7. The third-order valence-electron chi connectivity index (χ3n) is 3.30. The first-order valence-electron chi connectivity index (χ1n) is 6.98. The third kappa shape index (κ3) is 4.34. The van der Waals surface area contributed by atoms with Gasteiger partial charge in [0.2, 0.25) is 5.91 Å². The summed E-state index contributed by atoms with van der Waals surface area (Å²) in [6, 6.07) is 6.03. The molecule has 5 nitrogen and oxygen atoms in total.